The minimum Gasteiger partial charge on any atom is -0.289 e. The van der Waals surface area contributed by atoms with Crippen molar-refractivity contribution in [2.24, 2.45) is 9.39 Å². The second-order valence-corrected chi connectivity index (χ2v) is 8.25. The minimum atomic E-state index is -3.94. The number of nitrogens with zero attached hydrogens (tertiary/aromatic N) is 2. The van der Waals surface area contributed by atoms with Gasteiger partial charge in [-0.3, -0.25) is 4.79 Å². The summed E-state index contributed by atoms with van der Waals surface area (Å²) in [5.74, 6) is -0.138. The van der Waals surface area contributed by atoms with E-state index in [1.165, 1.54) is 30.4 Å². The first kappa shape index (κ1) is 19.1. The van der Waals surface area contributed by atoms with E-state index in [-0.39, 0.29) is 16.5 Å². The molecule has 0 bridgehead atoms. The Bertz CT molecular complexity index is 1100. The number of halogens is 1. The first-order chi connectivity index (χ1) is 12.8. The number of allylic oxidation sites excluding steroid dienone is 4. The van der Waals surface area contributed by atoms with Crippen LogP contribution in [0.4, 0.5) is 0 Å². The van der Waals surface area contributed by atoms with Crippen LogP contribution in [0.15, 0.2) is 91.6 Å². The lowest BCUT2D eigenvalue weighted by Gasteiger charge is -2.06. The average Bonchev–Trinajstić information content (AvgIpc) is 2.65. The highest BCUT2D eigenvalue weighted by molar-refractivity contribution is 9.12. The fourth-order valence-electron chi connectivity index (χ4n) is 2.28. The fraction of sp³-hybridized carbons (Fsp3) is 0.0500. The van der Waals surface area contributed by atoms with E-state index in [9.17, 15) is 13.2 Å². The van der Waals surface area contributed by atoms with Gasteiger partial charge in [-0.15, -0.1) is 4.40 Å². The number of aliphatic imine (C=N–C) groups is 1. The quantitative estimate of drug-likeness (QED) is 0.409. The highest BCUT2D eigenvalue weighted by atomic mass is 79.9. The molecule has 2 aromatic rings. The van der Waals surface area contributed by atoms with Gasteiger partial charge in [-0.1, -0.05) is 48.0 Å². The molecule has 136 valence electrons. The molecule has 0 saturated carbocycles. The maximum Gasteiger partial charge on any atom is 0.284 e. The van der Waals surface area contributed by atoms with Gasteiger partial charge in [0.25, 0.3) is 10.0 Å². The summed E-state index contributed by atoms with van der Waals surface area (Å²) in [6.45, 7) is 1.88. The van der Waals surface area contributed by atoms with Gasteiger partial charge in [0, 0.05) is 5.56 Å². The van der Waals surface area contributed by atoms with Crippen molar-refractivity contribution in [2.75, 3.05) is 0 Å². The van der Waals surface area contributed by atoms with Crippen molar-refractivity contribution in [2.45, 2.75) is 11.8 Å². The molecule has 0 spiro atoms. The van der Waals surface area contributed by atoms with Gasteiger partial charge in [0.2, 0.25) is 0 Å². The molecule has 0 N–H and O–H groups in total. The van der Waals surface area contributed by atoms with Crippen LogP contribution in [0, 0.1) is 6.92 Å². The number of ketones is 1. The Hall–Kier alpha value is -2.64. The molecule has 0 aromatic heterocycles. The largest absolute Gasteiger partial charge is 0.289 e. The minimum absolute atomic E-state index is 0.0433. The summed E-state index contributed by atoms with van der Waals surface area (Å²) in [4.78, 5) is 16.0. The highest BCUT2D eigenvalue weighted by Gasteiger charge is 2.16. The zero-order valence-corrected chi connectivity index (χ0v) is 16.7. The van der Waals surface area contributed by atoms with Crippen LogP contribution in [0.5, 0.6) is 0 Å². The van der Waals surface area contributed by atoms with Crippen molar-refractivity contribution < 1.29 is 13.2 Å². The lowest BCUT2D eigenvalue weighted by atomic mass is 10.1. The van der Waals surface area contributed by atoms with E-state index in [0.717, 1.165) is 5.56 Å². The van der Waals surface area contributed by atoms with E-state index in [2.05, 4.69) is 25.3 Å². The molecule has 0 saturated heterocycles. The standard InChI is InChI=1S/C20H15BrN2O3S/c1-14-7-10-17(11-8-14)27(25,26)23-20(15-5-3-2-4-6-15)22-16-9-12-19(24)18(21)13-16/h2-13H,1H3/b22-16?,23-20+. The number of hydrogen-bond acceptors (Lipinski definition) is 3. The van der Waals surface area contributed by atoms with Crippen LogP contribution in [0.2, 0.25) is 0 Å². The summed E-state index contributed by atoms with van der Waals surface area (Å²) >= 11 is 3.17. The number of sulfonamides is 1. The number of hydrogen-bond donors (Lipinski definition) is 0. The molecule has 2 aromatic carbocycles. The number of carbonyl (C=O) groups excluding carboxylic acids is 1. The molecule has 7 heteroatoms. The van der Waals surface area contributed by atoms with E-state index in [0.29, 0.717) is 15.8 Å². The van der Waals surface area contributed by atoms with Crippen molar-refractivity contribution >= 4 is 43.3 Å². The van der Waals surface area contributed by atoms with E-state index >= 15 is 0 Å². The molecular weight excluding hydrogens is 428 g/mol. The first-order valence-electron chi connectivity index (χ1n) is 8.00. The molecule has 27 heavy (non-hydrogen) atoms. The first-order valence-corrected chi connectivity index (χ1v) is 10.2. The predicted molar refractivity (Wildman–Crippen MR) is 110 cm³/mol. The summed E-state index contributed by atoms with van der Waals surface area (Å²) in [5, 5.41) is 0. The van der Waals surface area contributed by atoms with Crippen LogP contribution in [-0.2, 0) is 14.8 Å². The SMILES string of the molecule is Cc1ccc(S(=O)(=O)/N=C(/N=C2C=CC(=O)C(Br)=C2)c2ccccc2)cc1. The van der Waals surface area contributed by atoms with Crippen LogP contribution in [0.1, 0.15) is 11.1 Å². The Kier molecular flexibility index (Phi) is 5.62. The summed E-state index contributed by atoms with van der Waals surface area (Å²) in [6.07, 6.45) is 4.41. The maximum absolute atomic E-state index is 12.7. The van der Waals surface area contributed by atoms with Crippen LogP contribution in [-0.4, -0.2) is 25.7 Å². The molecule has 0 amide bonds. The average molecular weight is 443 g/mol. The number of benzene rings is 2. The van der Waals surface area contributed by atoms with E-state index in [1.807, 2.05) is 13.0 Å². The van der Waals surface area contributed by atoms with Gasteiger partial charge in [0.1, 0.15) is 0 Å². The molecule has 0 radical (unpaired) electrons. The Labute approximate surface area is 166 Å². The molecule has 0 heterocycles. The summed E-state index contributed by atoms with van der Waals surface area (Å²) in [5.41, 5.74) is 1.92. The number of amidine groups is 1. The topological polar surface area (TPSA) is 75.9 Å². The zero-order valence-electron chi connectivity index (χ0n) is 14.3. The summed E-state index contributed by atoms with van der Waals surface area (Å²) in [6, 6.07) is 15.3. The Morgan fingerprint density at radius 2 is 1.63 bits per heavy atom. The maximum atomic E-state index is 12.7. The third-order valence-corrected chi connectivity index (χ3v) is 5.61. The lowest BCUT2D eigenvalue weighted by Crippen LogP contribution is -2.09. The van der Waals surface area contributed by atoms with Gasteiger partial charge in [-0.05, 0) is 53.2 Å². The molecule has 0 atom stereocenters. The van der Waals surface area contributed by atoms with Gasteiger partial charge in [0.05, 0.1) is 15.1 Å². The van der Waals surface area contributed by atoms with Crippen molar-refractivity contribution in [1.29, 1.82) is 0 Å². The fourth-order valence-corrected chi connectivity index (χ4v) is 3.61. The van der Waals surface area contributed by atoms with Gasteiger partial charge < -0.3 is 0 Å². The van der Waals surface area contributed by atoms with E-state index < -0.39 is 10.0 Å². The summed E-state index contributed by atoms with van der Waals surface area (Å²) in [7, 11) is -3.94. The second-order valence-electron chi connectivity index (χ2n) is 5.80. The predicted octanol–water partition coefficient (Wildman–Crippen LogP) is 3.99. The number of carbonyl (C=O) groups is 1. The molecular formula is C20H15BrN2O3S. The van der Waals surface area contributed by atoms with Crippen LogP contribution in [0.25, 0.3) is 0 Å². The lowest BCUT2D eigenvalue weighted by molar-refractivity contribution is -0.110. The Morgan fingerprint density at radius 1 is 0.963 bits per heavy atom. The Morgan fingerprint density at radius 3 is 2.26 bits per heavy atom. The van der Waals surface area contributed by atoms with Crippen LogP contribution < -0.4 is 0 Å². The molecule has 1 aliphatic carbocycles. The molecule has 0 unspecified atom stereocenters. The van der Waals surface area contributed by atoms with Crippen LogP contribution >= 0.6 is 15.9 Å². The smallest absolute Gasteiger partial charge is 0.284 e. The number of aryl methyl sites for hydroxylation is 1. The molecule has 0 aliphatic heterocycles. The summed E-state index contributed by atoms with van der Waals surface area (Å²) < 4.78 is 29.8. The monoisotopic (exact) mass is 442 g/mol. The number of rotatable bonds is 3. The van der Waals surface area contributed by atoms with Crippen molar-refractivity contribution in [1.82, 2.24) is 0 Å². The van der Waals surface area contributed by atoms with Crippen molar-refractivity contribution in [3.05, 3.63) is 88.4 Å². The molecule has 0 fully saturated rings. The van der Waals surface area contributed by atoms with Gasteiger partial charge >= 0.3 is 0 Å². The van der Waals surface area contributed by atoms with Crippen molar-refractivity contribution in [3.63, 3.8) is 0 Å². The molecule has 3 rings (SSSR count). The van der Waals surface area contributed by atoms with E-state index in [1.54, 1.807) is 36.4 Å². The van der Waals surface area contributed by atoms with Crippen LogP contribution in [0.3, 0.4) is 0 Å². The highest BCUT2D eigenvalue weighted by Crippen LogP contribution is 2.17. The third kappa shape index (κ3) is 4.75. The van der Waals surface area contributed by atoms with E-state index in [4.69, 9.17) is 0 Å². The normalized spacial score (nSPS) is 16.5. The third-order valence-electron chi connectivity index (χ3n) is 3.71. The zero-order chi connectivity index (χ0) is 19.4. The van der Waals surface area contributed by atoms with Gasteiger partial charge in [-0.25, -0.2) is 4.99 Å². The van der Waals surface area contributed by atoms with Gasteiger partial charge in [0.15, 0.2) is 11.6 Å². The Balaban J connectivity index is 2.11. The molecule has 5 nitrogen and oxygen atoms in total. The molecule has 1 aliphatic rings. The van der Waals surface area contributed by atoms with Crippen molar-refractivity contribution in [3.8, 4) is 0 Å². The van der Waals surface area contributed by atoms with Gasteiger partial charge in [-0.2, -0.15) is 8.42 Å². The second kappa shape index (κ2) is 7.94.